The second kappa shape index (κ2) is 7.37. The van der Waals surface area contributed by atoms with E-state index in [0.717, 1.165) is 41.8 Å². The summed E-state index contributed by atoms with van der Waals surface area (Å²) >= 11 is 0. The molecule has 1 heterocycles. The summed E-state index contributed by atoms with van der Waals surface area (Å²) < 4.78 is 0. The minimum atomic E-state index is -0.198. The summed E-state index contributed by atoms with van der Waals surface area (Å²) in [6.45, 7) is 3.21. The third-order valence-electron chi connectivity index (χ3n) is 4.31. The van der Waals surface area contributed by atoms with Crippen LogP contribution in [0.25, 0.3) is 11.1 Å². The van der Waals surface area contributed by atoms with Gasteiger partial charge in [0, 0.05) is 37.8 Å². The molecule has 1 aliphatic rings. The van der Waals surface area contributed by atoms with Crippen LogP contribution in [-0.4, -0.2) is 31.4 Å². The van der Waals surface area contributed by atoms with Gasteiger partial charge in [0.25, 0.3) is 5.91 Å². The van der Waals surface area contributed by atoms with Gasteiger partial charge in [-0.2, -0.15) is 0 Å². The summed E-state index contributed by atoms with van der Waals surface area (Å²) in [5.74, 6) is -0.128. The van der Waals surface area contributed by atoms with Crippen molar-refractivity contribution in [3.8, 4) is 11.1 Å². The Labute approximate surface area is 147 Å². The van der Waals surface area contributed by atoms with Crippen molar-refractivity contribution in [3.63, 3.8) is 0 Å². The van der Waals surface area contributed by atoms with E-state index in [2.05, 4.69) is 23.5 Å². The van der Waals surface area contributed by atoms with Crippen LogP contribution in [0.4, 0.5) is 5.69 Å². The van der Waals surface area contributed by atoms with Crippen molar-refractivity contribution >= 4 is 17.5 Å². The summed E-state index contributed by atoms with van der Waals surface area (Å²) in [7, 11) is 0. The third-order valence-corrected chi connectivity index (χ3v) is 4.31. The Hall–Kier alpha value is -2.84. The molecule has 0 bridgehead atoms. The third kappa shape index (κ3) is 3.65. The fourth-order valence-corrected chi connectivity index (χ4v) is 3.06. The molecule has 2 aromatic carbocycles. The Balaban J connectivity index is 1.83. The second-order valence-electron chi connectivity index (χ2n) is 6.07. The van der Waals surface area contributed by atoms with Crippen LogP contribution in [0.15, 0.2) is 30.3 Å². The first-order valence-electron chi connectivity index (χ1n) is 8.44. The number of anilines is 1. The van der Waals surface area contributed by atoms with Gasteiger partial charge in [0.1, 0.15) is 0 Å². The van der Waals surface area contributed by atoms with Gasteiger partial charge in [0.15, 0.2) is 0 Å². The number of fused-ring (bicyclic) bond motifs is 1. The van der Waals surface area contributed by atoms with Crippen molar-refractivity contribution in [1.29, 1.82) is 0 Å². The first-order valence-corrected chi connectivity index (χ1v) is 8.44. The van der Waals surface area contributed by atoms with Crippen LogP contribution in [0.5, 0.6) is 0 Å². The highest BCUT2D eigenvalue weighted by molar-refractivity contribution is 5.94. The molecule has 0 saturated heterocycles. The fourth-order valence-electron chi connectivity index (χ4n) is 3.06. The predicted molar refractivity (Wildman–Crippen MR) is 97.3 cm³/mol. The predicted octanol–water partition coefficient (Wildman–Crippen LogP) is 1.94. The maximum atomic E-state index is 11.9. The van der Waals surface area contributed by atoms with Crippen LogP contribution >= 0.6 is 0 Å². The maximum absolute atomic E-state index is 11.9. The summed E-state index contributed by atoms with van der Waals surface area (Å²) in [4.78, 5) is 25.5. The number of nitrogens with one attached hydrogen (secondary N) is 1. The maximum Gasteiger partial charge on any atom is 0.259 e. The number of hydrogen-bond donors (Lipinski definition) is 2. The summed E-state index contributed by atoms with van der Waals surface area (Å²) in [5, 5.41) is 2.71. The molecule has 0 spiro atoms. The minimum absolute atomic E-state index is 0.0708. The number of nitrogens with zero attached hydrogens (tertiary/aromatic N) is 1. The SMILES string of the molecule is CC(=O)N1CCCc2cc(-c3c#cc(C(=O)NCCN)cc3)ccc21. The summed E-state index contributed by atoms with van der Waals surface area (Å²) in [6, 6.07) is 15.6. The zero-order chi connectivity index (χ0) is 17.8. The lowest BCUT2D eigenvalue weighted by atomic mass is 9.96. The van der Waals surface area contributed by atoms with Crippen LogP contribution in [0.3, 0.4) is 0 Å². The molecule has 2 aromatic rings. The van der Waals surface area contributed by atoms with Gasteiger partial charge >= 0.3 is 0 Å². The van der Waals surface area contributed by atoms with Crippen molar-refractivity contribution in [2.45, 2.75) is 19.8 Å². The van der Waals surface area contributed by atoms with Gasteiger partial charge in [-0.15, -0.1) is 0 Å². The number of benzene rings is 1. The van der Waals surface area contributed by atoms with E-state index in [1.807, 2.05) is 23.1 Å². The number of rotatable bonds is 4. The molecule has 0 saturated carbocycles. The molecule has 25 heavy (non-hydrogen) atoms. The average molecular weight is 335 g/mol. The quantitative estimate of drug-likeness (QED) is 0.897. The standard InChI is InChI=1S/C20H21N3O2/c1-14(24)23-12-2-3-18-13-17(8-9-19(18)23)15-4-6-16(7-5-15)20(25)22-11-10-21/h4,6,8-9,13H,2-3,10-12,21H2,1H3,(H,22,25). The highest BCUT2D eigenvalue weighted by Crippen LogP contribution is 2.31. The molecule has 1 aliphatic heterocycles. The smallest absolute Gasteiger partial charge is 0.259 e. The first kappa shape index (κ1) is 17.0. The topological polar surface area (TPSA) is 75.4 Å². The Morgan fingerprint density at radius 1 is 1.24 bits per heavy atom. The van der Waals surface area contributed by atoms with E-state index in [1.54, 1.807) is 13.0 Å². The number of aryl methyl sites for hydroxylation is 1. The number of hydrogen-bond acceptors (Lipinski definition) is 3. The fraction of sp³-hybridized carbons (Fsp3) is 0.300. The molecular weight excluding hydrogens is 314 g/mol. The van der Waals surface area contributed by atoms with E-state index in [9.17, 15) is 9.59 Å². The molecule has 0 radical (unpaired) electrons. The Kier molecular flexibility index (Phi) is 5.01. The van der Waals surface area contributed by atoms with E-state index in [1.165, 1.54) is 0 Å². The summed E-state index contributed by atoms with van der Waals surface area (Å²) in [5.41, 5.74) is 9.86. The molecule has 0 unspecified atom stereocenters. The van der Waals surface area contributed by atoms with Gasteiger partial charge < -0.3 is 16.0 Å². The zero-order valence-electron chi connectivity index (χ0n) is 14.3. The Bertz CT molecular complexity index is 784. The molecule has 5 nitrogen and oxygen atoms in total. The average Bonchev–Trinajstić information content (AvgIpc) is 2.65. The van der Waals surface area contributed by atoms with Crippen LogP contribution in [0, 0.1) is 12.1 Å². The van der Waals surface area contributed by atoms with E-state index in [4.69, 9.17) is 5.73 Å². The number of nitrogens with two attached hydrogens (primary N) is 1. The van der Waals surface area contributed by atoms with Crippen LogP contribution in [-0.2, 0) is 11.2 Å². The molecule has 3 N–H and O–H groups in total. The zero-order valence-corrected chi connectivity index (χ0v) is 14.3. The highest BCUT2D eigenvalue weighted by Gasteiger charge is 2.20. The molecular formula is C20H21N3O2. The van der Waals surface area contributed by atoms with E-state index >= 15 is 0 Å². The lowest BCUT2D eigenvalue weighted by Crippen LogP contribution is -2.33. The normalized spacial score (nSPS) is 13.0. The van der Waals surface area contributed by atoms with Crippen molar-refractivity contribution in [3.05, 3.63) is 53.6 Å². The molecule has 2 amide bonds. The largest absolute Gasteiger partial charge is 0.350 e. The molecule has 3 rings (SSSR count). The summed E-state index contributed by atoms with van der Waals surface area (Å²) in [6.07, 6.45) is 1.92. The number of carbonyl (C=O) groups is 2. The molecule has 5 heteroatoms. The van der Waals surface area contributed by atoms with Crippen LogP contribution < -0.4 is 16.0 Å². The second-order valence-corrected chi connectivity index (χ2v) is 6.07. The van der Waals surface area contributed by atoms with Gasteiger partial charge in [0.2, 0.25) is 5.91 Å². The molecule has 128 valence electrons. The van der Waals surface area contributed by atoms with Gasteiger partial charge in [0.05, 0.1) is 5.56 Å². The van der Waals surface area contributed by atoms with Gasteiger partial charge in [-0.05, 0) is 48.2 Å². The van der Waals surface area contributed by atoms with Crippen molar-refractivity contribution < 1.29 is 9.59 Å². The molecule has 0 aliphatic carbocycles. The number of carbonyl (C=O) groups excluding carboxylic acids is 2. The lowest BCUT2D eigenvalue weighted by molar-refractivity contribution is -0.116. The molecule has 0 fully saturated rings. The van der Waals surface area contributed by atoms with Gasteiger partial charge in [-0.25, -0.2) is 0 Å². The lowest BCUT2D eigenvalue weighted by Gasteiger charge is -2.28. The monoisotopic (exact) mass is 335 g/mol. The van der Waals surface area contributed by atoms with E-state index in [-0.39, 0.29) is 11.8 Å². The van der Waals surface area contributed by atoms with Gasteiger partial charge in [-0.3, -0.25) is 9.59 Å². The number of amides is 2. The minimum Gasteiger partial charge on any atom is -0.350 e. The van der Waals surface area contributed by atoms with Crippen molar-refractivity contribution in [1.82, 2.24) is 5.32 Å². The van der Waals surface area contributed by atoms with Crippen molar-refractivity contribution in [2.75, 3.05) is 24.5 Å². The first-order chi connectivity index (χ1) is 12.1. The van der Waals surface area contributed by atoms with Crippen LogP contribution in [0.1, 0.15) is 29.3 Å². The van der Waals surface area contributed by atoms with Gasteiger partial charge in [-0.1, -0.05) is 18.2 Å². The molecule has 0 aromatic heterocycles. The molecule has 0 atom stereocenters. The Morgan fingerprint density at radius 3 is 2.76 bits per heavy atom. The van der Waals surface area contributed by atoms with E-state index in [0.29, 0.717) is 18.7 Å². The highest BCUT2D eigenvalue weighted by atomic mass is 16.2. The Morgan fingerprint density at radius 2 is 2.08 bits per heavy atom. The van der Waals surface area contributed by atoms with E-state index < -0.39 is 0 Å². The van der Waals surface area contributed by atoms with Crippen LogP contribution in [0.2, 0.25) is 0 Å². The van der Waals surface area contributed by atoms with Crippen molar-refractivity contribution in [2.24, 2.45) is 5.73 Å².